The number of rotatable bonds is 7. The number of pyridine rings is 1. The van der Waals surface area contributed by atoms with Crippen molar-refractivity contribution >= 4 is 22.7 Å². The van der Waals surface area contributed by atoms with Gasteiger partial charge in [-0.1, -0.05) is 12.1 Å². The first kappa shape index (κ1) is 20.3. The Balaban J connectivity index is 1.51. The van der Waals surface area contributed by atoms with Crippen molar-refractivity contribution in [3.63, 3.8) is 0 Å². The van der Waals surface area contributed by atoms with E-state index in [-0.39, 0.29) is 5.97 Å². The van der Waals surface area contributed by atoms with Crippen molar-refractivity contribution in [2.45, 2.75) is 0 Å². The van der Waals surface area contributed by atoms with Crippen molar-refractivity contribution in [2.75, 3.05) is 32.2 Å². The molecule has 0 saturated carbocycles. The van der Waals surface area contributed by atoms with E-state index >= 15 is 0 Å². The fraction of sp³-hybridized carbons (Fsp3) is 0.167. The van der Waals surface area contributed by atoms with Crippen LogP contribution in [0.15, 0.2) is 73.1 Å². The van der Waals surface area contributed by atoms with E-state index in [1.54, 1.807) is 36.7 Å². The summed E-state index contributed by atoms with van der Waals surface area (Å²) in [7, 11) is 3.34. The van der Waals surface area contributed by atoms with E-state index in [4.69, 9.17) is 19.4 Å². The third-order valence-electron chi connectivity index (χ3n) is 4.84. The summed E-state index contributed by atoms with van der Waals surface area (Å²) in [4.78, 5) is 27.3. The zero-order valence-corrected chi connectivity index (χ0v) is 17.4. The van der Waals surface area contributed by atoms with Gasteiger partial charge >= 0.3 is 5.97 Å². The van der Waals surface area contributed by atoms with Crippen LogP contribution in [0, 0.1) is 0 Å². The van der Waals surface area contributed by atoms with E-state index in [1.807, 2.05) is 48.3 Å². The molecule has 0 aliphatic heterocycles. The summed E-state index contributed by atoms with van der Waals surface area (Å²) in [5.41, 5.74) is 2.23. The molecule has 0 amide bonds. The summed E-state index contributed by atoms with van der Waals surface area (Å²) in [6.07, 6.45) is 3.49. The fourth-order valence-corrected chi connectivity index (χ4v) is 3.19. The predicted octanol–water partition coefficient (Wildman–Crippen LogP) is 3.99. The van der Waals surface area contributed by atoms with Crippen molar-refractivity contribution in [3.05, 3.63) is 78.6 Å². The lowest BCUT2D eigenvalue weighted by molar-refractivity contribution is 0.0600. The topological polar surface area (TPSA) is 77.4 Å². The number of carbonyl (C=O) groups is 1. The molecular formula is C24H22N4O3. The molecule has 0 fully saturated rings. The Labute approximate surface area is 180 Å². The Morgan fingerprint density at radius 2 is 1.81 bits per heavy atom. The van der Waals surface area contributed by atoms with E-state index < -0.39 is 0 Å². The number of nitrogens with zero attached hydrogens (tertiary/aromatic N) is 4. The monoisotopic (exact) mass is 414 g/mol. The van der Waals surface area contributed by atoms with Gasteiger partial charge in [-0.3, -0.25) is 4.98 Å². The van der Waals surface area contributed by atoms with Crippen molar-refractivity contribution < 1.29 is 14.3 Å². The van der Waals surface area contributed by atoms with E-state index in [0.717, 1.165) is 22.3 Å². The van der Waals surface area contributed by atoms with Gasteiger partial charge in [-0.25, -0.2) is 14.8 Å². The van der Waals surface area contributed by atoms with Crippen LogP contribution >= 0.6 is 0 Å². The molecule has 2 aromatic heterocycles. The first-order valence-electron chi connectivity index (χ1n) is 9.85. The van der Waals surface area contributed by atoms with Gasteiger partial charge in [-0.2, -0.15) is 0 Å². The highest BCUT2D eigenvalue weighted by molar-refractivity contribution is 5.91. The Morgan fingerprint density at radius 3 is 2.55 bits per heavy atom. The van der Waals surface area contributed by atoms with Crippen molar-refractivity contribution in [3.8, 4) is 17.1 Å². The number of hydrogen-bond acceptors (Lipinski definition) is 7. The highest BCUT2D eigenvalue weighted by Gasteiger charge is 2.13. The van der Waals surface area contributed by atoms with Gasteiger partial charge in [0.05, 0.1) is 24.7 Å². The zero-order valence-electron chi connectivity index (χ0n) is 17.4. The van der Waals surface area contributed by atoms with Gasteiger partial charge in [-0.15, -0.1) is 0 Å². The van der Waals surface area contributed by atoms with E-state index in [1.165, 1.54) is 7.11 Å². The quantitative estimate of drug-likeness (QED) is 0.423. The molecule has 0 bridgehead atoms. The lowest BCUT2D eigenvalue weighted by Gasteiger charge is -2.21. The van der Waals surface area contributed by atoms with Crippen molar-refractivity contribution in [1.82, 2.24) is 15.0 Å². The summed E-state index contributed by atoms with van der Waals surface area (Å²) in [6.45, 7) is 1.07. The molecule has 2 aromatic carbocycles. The SMILES string of the molecule is COC(=O)c1ccc(OCCN(C)c2nc(-c3cccnc3)nc3ccccc23)cc1. The third kappa shape index (κ3) is 4.61. The molecule has 0 aliphatic carbocycles. The lowest BCUT2D eigenvalue weighted by Crippen LogP contribution is -2.25. The number of anilines is 1. The van der Waals surface area contributed by atoms with Crippen LogP contribution in [0.2, 0.25) is 0 Å². The number of likely N-dealkylation sites (N-methyl/N-ethyl adjacent to an activating group) is 1. The molecule has 4 rings (SSSR count). The van der Waals surface area contributed by atoms with Gasteiger partial charge in [0.1, 0.15) is 18.2 Å². The molecule has 7 nitrogen and oxygen atoms in total. The highest BCUT2D eigenvalue weighted by Crippen LogP contribution is 2.26. The highest BCUT2D eigenvalue weighted by atomic mass is 16.5. The molecule has 0 spiro atoms. The molecule has 0 radical (unpaired) electrons. The van der Waals surface area contributed by atoms with Crippen LogP contribution in [0.4, 0.5) is 5.82 Å². The number of aromatic nitrogens is 3. The zero-order chi connectivity index (χ0) is 21.6. The van der Waals surface area contributed by atoms with Crippen LogP contribution in [0.1, 0.15) is 10.4 Å². The number of fused-ring (bicyclic) bond motifs is 1. The standard InChI is InChI=1S/C24H22N4O3/c1-28(14-15-31-19-11-9-17(10-12-19)24(29)30-2)23-20-7-3-4-8-21(20)26-22(27-23)18-6-5-13-25-16-18/h3-13,16H,14-15H2,1-2H3. The van der Waals surface area contributed by atoms with Gasteiger partial charge in [0.15, 0.2) is 5.82 Å². The van der Waals surface area contributed by atoms with Crippen molar-refractivity contribution in [2.24, 2.45) is 0 Å². The number of methoxy groups -OCH3 is 1. The maximum Gasteiger partial charge on any atom is 0.337 e. The van der Waals surface area contributed by atoms with Gasteiger partial charge in [0, 0.05) is 30.4 Å². The van der Waals surface area contributed by atoms with Crippen LogP contribution in [0.3, 0.4) is 0 Å². The minimum absolute atomic E-state index is 0.369. The summed E-state index contributed by atoms with van der Waals surface area (Å²) >= 11 is 0. The molecule has 2 heterocycles. The van der Waals surface area contributed by atoms with Crippen LogP contribution in [0.5, 0.6) is 5.75 Å². The molecule has 0 N–H and O–H groups in total. The molecule has 31 heavy (non-hydrogen) atoms. The molecule has 0 atom stereocenters. The maximum atomic E-state index is 11.5. The smallest absolute Gasteiger partial charge is 0.337 e. The summed E-state index contributed by atoms with van der Waals surface area (Å²) in [5.74, 6) is 1.78. The largest absolute Gasteiger partial charge is 0.492 e. The van der Waals surface area contributed by atoms with Crippen LogP contribution in [-0.2, 0) is 4.74 Å². The molecule has 4 aromatic rings. The Kier molecular flexibility index (Phi) is 6.03. The summed E-state index contributed by atoms with van der Waals surface area (Å²) in [6, 6.07) is 18.6. The third-order valence-corrected chi connectivity index (χ3v) is 4.84. The Hall–Kier alpha value is -4.00. The van der Waals surface area contributed by atoms with E-state index in [2.05, 4.69) is 4.98 Å². The second kappa shape index (κ2) is 9.21. The second-order valence-electron chi connectivity index (χ2n) is 6.92. The minimum Gasteiger partial charge on any atom is -0.492 e. The molecule has 7 heteroatoms. The first-order valence-corrected chi connectivity index (χ1v) is 9.85. The fourth-order valence-electron chi connectivity index (χ4n) is 3.19. The lowest BCUT2D eigenvalue weighted by atomic mass is 10.2. The number of hydrogen-bond donors (Lipinski definition) is 0. The molecule has 0 aliphatic rings. The van der Waals surface area contributed by atoms with Crippen LogP contribution in [-0.4, -0.2) is 48.2 Å². The number of esters is 1. The Bertz CT molecular complexity index is 1180. The Morgan fingerprint density at radius 1 is 1.00 bits per heavy atom. The molecular weight excluding hydrogens is 392 g/mol. The predicted molar refractivity (Wildman–Crippen MR) is 119 cm³/mol. The van der Waals surface area contributed by atoms with Gasteiger partial charge in [0.2, 0.25) is 0 Å². The minimum atomic E-state index is -0.369. The summed E-state index contributed by atoms with van der Waals surface area (Å²) in [5, 5.41) is 0.972. The van der Waals surface area contributed by atoms with E-state index in [9.17, 15) is 4.79 Å². The maximum absolute atomic E-state index is 11.5. The van der Waals surface area contributed by atoms with Crippen molar-refractivity contribution in [1.29, 1.82) is 0 Å². The van der Waals surface area contributed by atoms with Gasteiger partial charge in [-0.05, 0) is 48.5 Å². The van der Waals surface area contributed by atoms with Gasteiger partial charge < -0.3 is 14.4 Å². The van der Waals surface area contributed by atoms with E-state index in [0.29, 0.717) is 30.3 Å². The van der Waals surface area contributed by atoms with Crippen LogP contribution in [0.25, 0.3) is 22.3 Å². The van der Waals surface area contributed by atoms with Gasteiger partial charge in [0.25, 0.3) is 0 Å². The average Bonchev–Trinajstić information content (AvgIpc) is 2.83. The number of benzene rings is 2. The number of para-hydroxylation sites is 1. The number of ether oxygens (including phenoxy) is 2. The molecule has 0 saturated heterocycles. The van der Waals surface area contributed by atoms with Crippen LogP contribution < -0.4 is 9.64 Å². The molecule has 156 valence electrons. The first-order chi connectivity index (χ1) is 15.2. The molecule has 0 unspecified atom stereocenters. The second-order valence-corrected chi connectivity index (χ2v) is 6.92. The number of carbonyl (C=O) groups excluding carboxylic acids is 1. The average molecular weight is 414 g/mol. The normalized spacial score (nSPS) is 10.6. The summed E-state index contributed by atoms with van der Waals surface area (Å²) < 4.78 is 10.6.